The molecule has 0 radical (unpaired) electrons. The van der Waals surface area contributed by atoms with Crippen molar-refractivity contribution >= 4 is 22.4 Å². The van der Waals surface area contributed by atoms with E-state index in [1.54, 1.807) is 31.5 Å². The molecular weight excluding hydrogens is 344 g/mol. The van der Waals surface area contributed by atoms with Crippen molar-refractivity contribution in [1.82, 2.24) is 9.38 Å². The van der Waals surface area contributed by atoms with Crippen LogP contribution in [0.15, 0.2) is 71.8 Å². The Morgan fingerprint density at radius 1 is 1.07 bits per heavy atom. The summed E-state index contributed by atoms with van der Waals surface area (Å²) in [5.41, 5.74) is 0.763. The van der Waals surface area contributed by atoms with Crippen molar-refractivity contribution in [1.29, 1.82) is 0 Å². The van der Waals surface area contributed by atoms with Gasteiger partial charge in [-0.15, -0.1) is 0 Å². The number of esters is 1. The van der Waals surface area contributed by atoms with E-state index >= 15 is 0 Å². The van der Waals surface area contributed by atoms with E-state index in [-0.39, 0.29) is 12.2 Å². The lowest BCUT2D eigenvalue weighted by Crippen LogP contribution is -2.24. The summed E-state index contributed by atoms with van der Waals surface area (Å²) in [7, 11) is 1.62. The molecule has 0 bridgehead atoms. The van der Waals surface area contributed by atoms with Crippen LogP contribution in [0.1, 0.15) is 15.9 Å². The molecule has 134 valence electrons. The maximum atomic E-state index is 12.4. The number of hydrogen-bond acceptors (Lipinski definition) is 5. The van der Waals surface area contributed by atoms with E-state index in [1.807, 2.05) is 36.4 Å². The van der Waals surface area contributed by atoms with Crippen molar-refractivity contribution in [2.75, 3.05) is 7.11 Å². The first-order valence-corrected chi connectivity index (χ1v) is 8.36. The first-order valence-electron chi connectivity index (χ1n) is 8.36. The van der Waals surface area contributed by atoms with Crippen LogP contribution in [0.2, 0.25) is 0 Å². The molecule has 6 heteroatoms. The molecule has 6 nitrogen and oxygen atoms in total. The van der Waals surface area contributed by atoms with Crippen molar-refractivity contribution in [2.45, 2.75) is 6.61 Å². The Morgan fingerprint density at radius 3 is 2.74 bits per heavy atom. The number of carbonyl (C=O) groups is 1. The number of methoxy groups -OCH3 is 1. The Balaban J connectivity index is 1.55. The molecule has 4 aromatic rings. The number of carbonyl (C=O) groups excluding carboxylic acids is 1. The average molecular weight is 360 g/mol. The first-order chi connectivity index (χ1) is 13.2. The second-order valence-corrected chi connectivity index (χ2v) is 6.03. The van der Waals surface area contributed by atoms with Gasteiger partial charge in [0.25, 0.3) is 5.56 Å². The summed E-state index contributed by atoms with van der Waals surface area (Å²) in [5.74, 6) is 0.0894. The summed E-state index contributed by atoms with van der Waals surface area (Å²) in [4.78, 5) is 28.9. The summed E-state index contributed by atoms with van der Waals surface area (Å²) in [6.07, 6.45) is 2.83. The molecule has 0 fully saturated rings. The monoisotopic (exact) mass is 360 g/mol. The van der Waals surface area contributed by atoms with Crippen LogP contribution in [0.25, 0.3) is 16.4 Å². The molecule has 2 heterocycles. The van der Waals surface area contributed by atoms with Crippen LogP contribution in [0.4, 0.5) is 0 Å². The summed E-state index contributed by atoms with van der Waals surface area (Å²) in [5, 5.41) is 2.04. The van der Waals surface area contributed by atoms with Crippen LogP contribution in [-0.4, -0.2) is 22.5 Å². The number of pyridine rings is 1. The van der Waals surface area contributed by atoms with Gasteiger partial charge < -0.3 is 9.47 Å². The molecule has 0 aliphatic rings. The average Bonchev–Trinajstić information content (AvgIpc) is 2.72. The normalized spacial score (nSPS) is 10.9. The van der Waals surface area contributed by atoms with E-state index in [2.05, 4.69) is 4.98 Å². The smallest absolute Gasteiger partial charge is 0.345 e. The van der Waals surface area contributed by atoms with Gasteiger partial charge in [0.05, 0.1) is 7.11 Å². The zero-order chi connectivity index (χ0) is 18.8. The molecule has 0 aliphatic carbocycles. The Kier molecular flexibility index (Phi) is 4.30. The van der Waals surface area contributed by atoms with Crippen molar-refractivity contribution in [2.24, 2.45) is 0 Å². The van der Waals surface area contributed by atoms with Gasteiger partial charge in [0.2, 0.25) is 0 Å². The van der Waals surface area contributed by atoms with E-state index in [9.17, 15) is 9.59 Å². The number of nitrogens with zero attached hydrogens (tertiary/aromatic N) is 2. The van der Waals surface area contributed by atoms with Gasteiger partial charge >= 0.3 is 5.97 Å². The van der Waals surface area contributed by atoms with Gasteiger partial charge in [-0.3, -0.25) is 9.20 Å². The van der Waals surface area contributed by atoms with E-state index in [0.717, 1.165) is 22.1 Å². The van der Waals surface area contributed by atoms with Gasteiger partial charge in [-0.05, 0) is 46.7 Å². The van der Waals surface area contributed by atoms with E-state index in [0.29, 0.717) is 5.65 Å². The molecule has 0 atom stereocenters. The first kappa shape index (κ1) is 16.8. The number of benzene rings is 2. The fourth-order valence-electron chi connectivity index (χ4n) is 2.88. The zero-order valence-corrected chi connectivity index (χ0v) is 14.6. The van der Waals surface area contributed by atoms with Gasteiger partial charge in [-0.1, -0.05) is 24.3 Å². The van der Waals surface area contributed by atoms with Crippen molar-refractivity contribution in [3.63, 3.8) is 0 Å². The predicted molar refractivity (Wildman–Crippen MR) is 101 cm³/mol. The molecule has 0 saturated heterocycles. The molecule has 0 saturated carbocycles. The lowest BCUT2D eigenvalue weighted by molar-refractivity contribution is 0.0470. The molecule has 2 aromatic heterocycles. The van der Waals surface area contributed by atoms with E-state index < -0.39 is 11.5 Å². The molecule has 0 aliphatic heterocycles. The summed E-state index contributed by atoms with van der Waals surface area (Å²) in [6.45, 7) is 0.0672. The Hall–Kier alpha value is -3.67. The van der Waals surface area contributed by atoms with E-state index in [1.165, 1.54) is 10.6 Å². The molecule has 27 heavy (non-hydrogen) atoms. The van der Waals surface area contributed by atoms with Crippen LogP contribution in [-0.2, 0) is 11.3 Å². The highest BCUT2D eigenvalue weighted by Crippen LogP contribution is 2.22. The Morgan fingerprint density at radius 2 is 1.89 bits per heavy atom. The topological polar surface area (TPSA) is 69.9 Å². The molecule has 0 spiro atoms. The highest BCUT2D eigenvalue weighted by atomic mass is 16.5. The maximum Gasteiger partial charge on any atom is 0.345 e. The molecular formula is C21H16N2O4. The number of hydrogen-bond donors (Lipinski definition) is 0. The Bertz CT molecular complexity index is 1210. The minimum absolute atomic E-state index is 0.0672. The number of rotatable bonds is 4. The van der Waals surface area contributed by atoms with Gasteiger partial charge in [0.15, 0.2) is 0 Å². The molecule has 2 aromatic carbocycles. The summed E-state index contributed by atoms with van der Waals surface area (Å²) in [6, 6.07) is 16.7. The second kappa shape index (κ2) is 6.92. The number of ether oxygens (including phenoxy) is 2. The fourth-order valence-corrected chi connectivity index (χ4v) is 2.88. The highest BCUT2D eigenvalue weighted by Gasteiger charge is 2.15. The largest absolute Gasteiger partial charge is 0.497 e. The third-order valence-electron chi connectivity index (χ3n) is 4.32. The van der Waals surface area contributed by atoms with Crippen LogP contribution < -0.4 is 10.3 Å². The number of fused-ring (bicyclic) bond motifs is 2. The van der Waals surface area contributed by atoms with Crippen molar-refractivity contribution in [3.05, 3.63) is 88.5 Å². The highest BCUT2D eigenvalue weighted by molar-refractivity contribution is 5.89. The van der Waals surface area contributed by atoms with Crippen molar-refractivity contribution < 1.29 is 14.3 Å². The fraction of sp³-hybridized carbons (Fsp3) is 0.0952. The van der Waals surface area contributed by atoms with Gasteiger partial charge in [-0.2, -0.15) is 0 Å². The van der Waals surface area contributed by atoms with Crippen LogP contribution >= 0.6 is 0 Å². The minimum Gasteiger partial charge on any atom is -0.497 e. The second-order valence-electron chi connectivity index (χ2n) is 6.03. The molecule has 0 unspecified atom stereocenters. The van der Waals surface area contributed by atoms with Crippen LogP contribution in [0.5, 0.6) is 5.75 Å². The van der Waals surface area contributed by atoms with Crippen LogP contribution in [0.3, 0.4) is 0 Å². The number of aromatic nitrogens is 2. The SMILES string of the molecule is COc1ccc2cc(COC(=O)c3cnc4ccccn4c3=O)ccc2c1. The standard InChI is InChI=1S/C21H16N2O4/c1-26-17-8-7-15-10-14(5-6-16(15)11-17)13-27-21(25)18-12-22-19-4-2-3-9-23(19)20(18)24/h2-12H,13H2,1H3. The predicted octanol–water partition coefficient (Wildman–Crippen LogP) is 3.21. The van der Waals surface area contributed by atoms with E-state index in [4.69, 9.17) is 9.47 Å². The lowest BCUT2D eigenvalue weighted by atomic mass is 10.1. The summed E-state index contributed by atoms with van der Waals surface area (Å²) >= 11 is 0. The van der Waals surface area contributed by atoms with Gasteiger partial charge in [0, 0.05) is 12.4 Å². The molecule has 0 N–H and O–H groups in total. The summed E-state index contributed by atoms with van der Waals surface area (Å²) < 4.78 is 11.9. The molecule has 4 rings (SSSR count). The third kappa shape index (κ3) is 3.25. The lowest BCUT2D eigenvalue weighted by Gasteiger charge is -2.08. The third-order valence-corrected chi connectivity index (χ3v) is 4.32. The molecule has 0 amide bonds. The maximum absolute atomic E-state index is 12.4. The quantitative estimate of drug-likeness (QED) is 0.523. The van der Waals surface area contributed by atoms with Gasteiger partial charge in [-0.25, -0.2) is 9.78 Å². The van der Waals surface area contributed by atoms with Crippen molar-refractivity contribution in [3.8, 4) is 5.75 Å². The zero-order valence-electron chi connectivity index (χ0n) is 14.6. The Labute approximate surface area is 154 Å². The van der Waals surface area contributed by atoms with Gasteiger partial charge in [0.1, 0.15) is 23.6 Å². The van der Waals surface area contributed by atoms with Crippen LogP contribution in [0, 0.1) is 0 Å². The minimum atomic E-state index is -0.694.